The number of ether oxygens (including phenoxy) is 3. The molecule has 0 unspecified atom stereocenters. The summed E-state index contributed by atoms with van der Waals surface area (Å²) in [5.74, 6) is -0.104. The maximum absolute atomic E-state index is 10.9. The third kappa shape index (κ3) is 20.8. The summed E-state index contributed by atoms with van der Waals surface area (Å²) in [6, 6.07) is 0. The van der Waals surface area contributed by atoms with E-state index in [2.05, 4.69) is 0 Å². The van der Waals surface area contributed by atoms with Gasteiger partial charge in [0.1, 0.15) is 6.79 Å². The van der Waals surface area contributed by atoms with Gasteiger partial charge in [0.05, 0.1) is 6.61 Å². The van der Waals surface area contributed by atoms with Crippen LogP contribution in [0.3, 0.4) is 0 Å². The van der Waals surface area contributed by atoms with Gasteiger partial charge in [-0.05, 0) is 26.2 Å². The number of hydrogen-bond donors (Lipinski definition) is 0. The summed E-state index contributed by atoms with van der Waals surface area (Å²) in [6.45, 7) is 6.07. The molecule has 0 N–H and O–H groups in total. The molecule has 0 amide bonds. The first-order valence-electron chi connectivity index (χ1n) is 5.62. The Morgan fingerprint density at radius 3 is 2.11 bits per heavy atom. The van der Waals surface area contributed by atoms with Crippen molar-refractivity contribution in [1.29, 1.82) is 0 Å². The molecule has 0 aromatic rings. The Morgan fingerprint density at radius 2 is 1.56 bits per heavy atom. The van der Waals surface area contributed by atoms with Crippen molar-refractivity contribution in [3.8, 4) is 0 Å². The van der Waals surface area contributed by atoms with Crippen LogP contribution in [0.2, 0.25) is 0 Å². The first-order valence-corrected chi connectivity index (χ1v) is 5.62. The number of carbonyl (C=O) groups excluding carboxylic acids is 1. The summed E-state index contributed by atoms with van der Waals surface area (Å²) in [7, 11) is 0. The molecule has 0 heterocycles. The zero-order valence-corrected chi connectivity index (χ0v) is 9.79. The lowest BCUT2D eigenvalue weighted by Crippen LogP contribution is -2.06. The maximum atomic E-state index is 10.9. The number of carbonyl (C=O) groups is 1. The average molecular weight is 266 g/mol. The van der Waals surface area contributed by atoms with Crippen molar-refractivity contribution < 1.29 is 19.0 Å². The summed E-state index contributed by atoms with van der Waals surface area (Å²) in [5, 5.41) is 0. The highest BCUT2D eigenvalue weighted by atomic mass is 16.7. The molecule has 0 fully saturated rings. The van der Waals surface area contributed by atoms with E-state index in [1.54, 1.807) is 0 Å². The predicted octanol–water partition coefficient (Wildman–Crippen LogP) is 4.03. The van der Waals surface area contributed by atoms with Gasteiger partial charge < -0.3 is 14.2 Å². The average Bonchev–Trinajstić information content (AvgIpc) is 2.22. The standard InChI is InChI=1S/C11H22O4.3CH4/c1-3-7-11(12)15-9-6-5-8-14-10-13-4-2;;;/h3-10H2,1-2H3;3*1H4. The first-order chi connectivity index (χ1) is 7.31. The lowest BCUT2D eigenvalue weighted by atomic mass is 10.3. The molecule has 0 saturated carbocycles. The Morgan fingerprint density at radius 1 is 0.944 bits per heavy atom. The van der Waals surface area contributed by atoms with Crippen LogP contribution in [0.15, 0.2) is 0 Å². The second-order valence-electron chi connectivity index (χ2n) is 3.20. The van der Waals surface area contributed by atoms with E-state index in [0.29, 0.717) is 33.0 Å². The van der Waals surface area contributed by atoms with Crippen LogP contribution in [0.5, 0.6) is 0 Å². The number of hydrogen-bond acceptors (Lipinski definition) is 4. The fourth-order valence-corrected chi connectivity index (χ4v) is 0.970. The monoisotopic (exact) mass is 266 g/mol. The Hall–Kier alpha value is -0.610. The highest BCUT2D eigenvalue weighted by Gasteiger charge is 1.99. The van der Waals surface area contributed by atoms with Crippen LogP contribution in [-0.4, -0.2) is 32.6 Å². The minimum absolute atomic E-state index is 0. The molecule has 0 saturated heterocycles. The fourth-order valence-electron chi connectivity index (χ4n) is 0.970. The molecule has 4 nitrogen and oxygen atoms in total. The van der Waals surface area contributed by atoms with E-state index in [1.807, 2.05) is 13.8 Å². The number of esters is 1. The SMILES string of the molecule is C.C.C.CCCC(=O)OCCCCOCOCC. The van der Waals surface area contributed by atoms with Gasteiger partial charge >= 0.3 is 5.97 Å². The topological polar surface area (TPSA) is 44.8 Å². The summed E-state index contributed by atoms with van der Waals surface area (Å²) < 4.78 is 15.2. The first kappa shape index (κ1) is 26.1. The fraction of sp³-hybridized carbons (Fsp3) is 0.929. The summed E-state index contributed by atoms with van der Waals surface area (Å²) in [4.78, 5) is 10.9. The molecule has 0 radical (unpaired) electrons. The largest absolute Gasteiger partial charge is 0.466 e. The Balaban J connectivity index is -0.000000327. The molecule has 0 aromatic carbocycles. The van der Waals surface area contributed by atoms with Crippen LogP contribution in [0.25, 0.3) is 0 Å². The zero-order valence-electron chi connectivity index (χ0n) is 9.79. The van der Waals surface area contributed by atoms with Crippen molar-refractivity contribution in [3.63, 3.8) is 0 Å². The van der Waals surface area contributed by atoms with E-state index in [4.69, 9.17) is 14.2 Å². The maximum Gasteiger partial charge on any atom is 0.305 e. The van der Waals surface area contributed by atoms with E-state index in [9.17, 15) is 4.79 Å². The van der Waals surface area contributed by atoms with Crippen molar-refractivity contribution >= 4 is 5.97 Å². The Bertz CT molecular complexity index is 149. The molecule has 0 spiro atoms. The van der Waals surface area contributed by atoms with Crippen molar-refractivity contribution in [2.45, 2.75) is 61.8 Å². The smallest absolute Gasteiger partial charge is 0.305 e. The summed E-state index contributed by atoms with van der Waals surface area (Å²) in [6.07, 6.45) is 3.10. The second kappa shape index (κ2) is 21.7. The molecular weight excluding hydrogens is 232 g/mol. The highest BCUT2D eigenvalue weighted by Crippen LogP contribution is 1.95. The summed E-state index contributed by atoms with van der Waals surface area (Å²) in [5.41, 5.74) is 0. The molecule has 0 bridgehead atoms. The van der Waals surface area contributed by atoms with Gasteiger partial charge in [-0.2, -0.15) is 0 Å². The van der Waals surface area contributed by atoms with Crippen LogP contribution in [0.4, 0.5) is 0 Å². The molecule has 0 aliphatic carbocycles. The van der Waals surface area contributed by atoms with Crippen LogP contribution in [0, 0.1) is 0 Å². The van der Waals surface area contributed by atoms with Gasteiger partial charge in [-0.15, -0.1) is 0 Å². The molecular formula is C14H34O4. The zero-order chi connectivity index (χ0) is 11.4. The molecule has 0 rings (SSSR count). The molecule has 4 heteroatoms. The minimum atomic E-state index is -0.104. The van der Waals surface area contributed by atoms with E-state index in [1.165, 1.54) is 0 Å². The van der Waals surface area contributed by atoms with Crippen molar-refractivity contribution in [2.75, 3.05) is 26.6 Å². The van der Waals surface area contributed by atoms with Gasteiger partial charge in [0.25, 0.3) is 0 Å². The second-order valence-corrected chi connectivity index (χ2v) is 3.20. The van der Waals surface area contributed by atoms with Gasteiger partial charge in [0.15, 0.2) is 0 Å². The molecule has 0 aliphatic rings. The number of unbranched alkanes of at least 4 members (excludes halogenated alkanes) is 1. The van der Waals surface area contributed by atoms with E-state index < -0.39 is 0 Å². The van der Waals surface area contributed by atoms with Gasteiger partial charge in [0, 0.05) is 19.6 Å². The quantitative estimate of drug-likeness (QED) is 0.340. The molecule has 0 aliphatic heterocycles. The Kier molecular flexibility index (Phi) is 31.3. The predicted molar refractivity (Wildman–Crippen MR) is 77.7 cm³/mol. The van der Waals surface area contributed by atoms with Crippen LogP contribution < -0.4 is 0 Å². The van der Waals surface area contributed by atoms with Crippen LogP contribution in [0.1, 0.15) is 61.8 Å². The molecule has 114 valence electrons. The third-order valence-corrected chi connectivity index (χ3v) is 1.77. The lowest BCUT2D eigenvalue weighted by molar-refractivity contribution is -0.143. The van der Waals surface area contributed by atoms with Gasteiger partial charge in [-0.1, -0.05) is 29.2 Å². The van der Waals surface area contributed by atoms with Gasteiger partial charge in [-0.25, -0.2) is 0 Å². The van der Waals surface area contributed by atoms with Crippen molar-refractivity contribution in [3.05, 3.63) is 0 Å². The van der Waals surface area contributed by atoms with E-state index in [0.717, 1.165) is 19.3 Å². The van der Waals surface area contributed by atoms with Crippen molar-refractivity contribution in [2.24, 2.45) is 0 Å². The summed E-state index contributed by atoms with van der Waals surface area (Å²) >= 11 is 0. The molecule has 0 aromatic heterocycles. The van der Waals surface area contributed by atoms with Gasteiger partial charge in [-0.3, -0.25) is 4.79 Å². The van der Waals surface area contributed by atoms with Crippen LogP contribution >= 0.6 is 0 Å². The lowest BCUT2D eigenvalue weighted by Gasteiger charge is -2.05. The Labute approximate surface area is 114 Å². The van der Waals surface area contributed by atoms with Crippen molar-refractivity contribution in [1.82, 2.24) is 0 Å². The van der Waals surface area contributed by atoms with Crippen LogP contribution in [-0.2, 0) is 19.0 Å². The normalized spacial score (nSPS) is 8.56. The minimum Gasteiger partial charge on any atom is -0.466 e. The van der Waals surface area contributed by atoms with E-state index >= 15 is 0 Å². The van der Waals surface area contributed by atoms with E-state index in [-0.39, 0.29) is 28.2 Å². The van der Waals surface area contributed by atoms with Gasteiger partial charge in [0.2, 0.25) is 0 Å². The highest BCUT2D eigenvalue weighted by molar-refractivity contribution is 5.69. The molecule has 0 atom stereocenters. The third-order valence-electron chi connectivity index (χ3n) is 1.77. The molecule has 18 heavy (non-hydrogen) atoms. The number of rotatable bonds is 10.